The van der Waals surface area contributed by atoms with E-state index < -0.39 is 0 Å². The molecule has 0 aromatic heterocycles. The van der Waals surface area contributed by atoms with Gasteiger partial charge in [-0.1, -0.05) is 30.9 Å². The Morgan fingerprint density at radius 3 is 2.88 bits per heavy atom. The van der Waals surface area contributed by atoms with Gasteiger partial charge >= 0.3 is 0 Å². The summed E-state index contributed by atoms with van der Waals surface area (Å²) >= 11 is 0. The molecule has 1 aromatic rings. The van der Waals surface area contributed by atoms with E-state index in [0.29, 0.717) is 0 Å². The van der Waals surface area contributed by atoms with Crippen LogP contribution in [-0.2, 0) is 6.42 Å². The van der Waals surface area contributed by atoms with Crippen molar-refractivity contribution in [2.45, 2.75) is 13.3 Å². The van der Waals surface area contributed by atoms with Gasteiger partial charge in [0.1, 0.15) is 0 Å². The lowest BCUT2D eigenvalue weighted by molar-refractivity contribution is 0.268. The molecule has 2 heteroatoms. The Balaban J connectivity index is 1.91. The summed E-state index contributed by atoms with van der Waals surface area (Å²) in [6, 6.07) is 8.52. The van der Waals surface area contributed by atoms with E-state index in [0.717, 1.165) is 44.7 Å². The minimum atomic E-state index is 0.887. The minimum Gasteiger partial charge on any atom is -0.314 e. The van der Waals surface area contributed by atoms with Crippen LogP contribution in [0.15, 0.2) is 24.3 Å². The lowest BCUT2D eigenvalue weighted by atomic mass is 10.1. The maximum atomic E-state index is 3.35. The Kier molecular flexibility index (Phi) is 4.61. The number of aryl methyl sites for hydroxylation is 1. The second kappa shape index (κ2) is 6.44. The summed E-state index contributed by atoms with van der Waals surface area (Å²) in [6.07, 6.45) is 1.08. The molecule has 2 rings (SSSR count). The van der Waals surface area contributed by atoms with Gasteiger partial charge in [0.2, 0.25) is 0 Å². The highest BCUT2D eigenvalue weighted by atomic mass is 15.2. The largest absolute Gasteiger partial charge is 0.314 e. The van der Waals surface area contributed by atoms with Crippen LogP contribution in [-0.4, -0.2) is 37.6 Å². The van der Waals surface area contributed by atoms with Crippen molar-refractivity contribution in [3.05, 3.63) is 35.4 Å². The molecule has 1 N–H and O–H groups in total. The molecular weight excluding hydrogens is 208 g/mol. The molecule has 1 aromatic carbocycles. The molecule has 0 amide bonds. The molecule has 17 heavy (non-hydrogen) atoms. The minimum absolute atomic E-state index is 0.887. The van der Waals surface area contributed by atoms with Gasteiger partial charge in [0.15, 0.2) is 0 Å². The van der Waals surface area contributed by atoms with Crippen molar-refractivity contribution in [2.24, 2.45) is 0 Å². The van der Waals surface area contributed by atoms with Gasteiger partial charge in [0.25, 0.3) is 0 Å². The summed E-state index contributed by atoms with van der Waals surface area (Å²) in [7, 11) is 0. The first-order chi connectivity index (χ1) is 8.38. The number of benzene rings is 1. The number of nitrogens with zero attached hydrogens (tertiary/aromatic N) is 1. The number of piperazine rings is 1. The van der Waals surface area contributed by atoms with Crippen molar-refractivity contribution in [3.8, 4) is 11.8 Å². The predicted molar refractivity (Wildman–Crippen MR) is 72.0 cm³/mol. The molecule has 0 atom stereocenters. The third-order valence-corrected chi connectivity index (χ3v) is 3.08. The first-order valence-corrected chi connectivity index (χ1v) is 6.39. The van der Waals surface area contributed by atoms with Gasteiger partial charge in [-0.25, -0.2) is 0 Å². The Labute approximate surface area is 104 Å². The van der Waals surface area contributed by atoms with Gasteiger partial charge in [-0.05, 0) is 24.1 Å². The molecule has 0 radical (unpaired) electrons. The van der Waals surface area contributed by atoms with E-state index in [1.807, 2.05) is 0 Å². The highest BCUT2D eigenvalue weighted by molar-refractivity contribution is 5.37. The molecule has 0 aliphatic carbocycles. The molecule has 1 fully saturated rings. The Bertz CT molecular complexity index is 408. The van der Waals surface area contributed by atoms with Crippen molar-refractivity contribution in [3.63, 3.8) is 0 Å². The SMILES string of the molecule is CCc1cccc(C#CCN2CCNCC2)c1. The predicted octanol–water partition coefficient (Wildman–Crippen LogP) is 1.51. The molecule has 0 spiro atoms. The van der Waals surface area contributed by atoms with Gasteiger partial charge in [-0.15, -0.1) is 0 Å². The van der Waals surface area contributed by atoms with E-state index in [9.17, 15) is 0 Å². The van der Waals surface area contributed by atoms with E-state index in [-0.39, 0.29) is 0 Å². The molecule has 0 saturated carbocycles. The summed E-state index contributed by atoms with van der Waals surface area (Å²) in [4.78, 5) is 2.40. The zero-order chi connectivity index (χ0) is 11.9. The van der Waals surface area contributed by atoms with Crippen LogP contribution in [0.5, 0.6) is 0 Å². The summed E-state index contributed by atoms with van der Waals surface area (Å²) < 4.78 is 0. The standard InChI is InChI=1S/C15H20N2/c1-2-14-5-3-6-15(13-14)7-4-10-17-11-8-16-9-12-17/h3,5-6,13,16H,2,8-12H2,1H3. The van der Waals surface area contributed by atoms with Crippen molar-refractivity contribution < 1.29 is 0 Å². The van der Waals surface area contributed by atoms with E-state index in [2.05, 4.69) is 53.2 Å². The molecule has 1 aliphatic heterocycles. The number of hydrogen-bond acceptors (Lipinski definition) is 2. The third-order valence-electron chi connectivity index (χ3n) is 3.08. The van der Waals surface area contributed by atoms with Gasteiger partial charge in [0, 0.05) is 31.7 Å². The monoisotopic (exact) mass is 228 g/mol. The third kappa shape index (κ3) is 3.89. The molecule has 90 valence electrons. The highest BCUT2D eigenvalue weighted by Crippen LogP contribution is 2.04. The fourth-order valence-electron chi connectivity index (χ4n) is 1.99. The molecule has 0 unspecified atom stereocenters. The van der Waals surface area contributed by atoms with Gasteiger partial charge in [0.05, 0.1) is 6.54 Å². The summed E-state index contributed by atoms with van der Waals surface area (Å²) in [5.74, 6) is 6.53. The van der Waals surface area contributed by atoms with Crippen molar-refractivity contribution in [1.29, 1.82) is 0 Å². The van der Waals surface area contributed by atoms with Gasteiger partial charge in [-0.2, -0.15) is 0 Å². The van der Waals surface area contributed by atoms with Crippen molar-refractivity contribution in [2.75, 3.05) is 32.7 Å². The van der Waals surface area contributed by atoms with Crippen LogP contribution in [0, 0.1) is 11.8 Å². The van der Waals surface area contributed by atoms with Crippen LogP contribution in [0.4, 0.5) is 0 Å². The van der Waals surface area contributed by atoms with Crippen LogP contribution < -0.4 is 5.32 Å². The number of nitrogens with one attached hydrogen (secondary N) is 1. The van der Waals surface area contributed by atoms with E-state index >= 15 is 0 Å². The van der Waals surface area contributed by atoms with Crippen molar-refractivity contribution in [1.82, 2.24) is 10.2 Å². The molecule has 1 heterocycles. The maximum absolute atomic E-state index is 3.35. The van der Waals surface area contributed by atoms with Crippen LogP contribution in [0.25, 0.3) is 0 Å². The fourth-order valence-corrected chi connectivity index (χ4v) is 1.99. The summed E-state index contributed by atoms with van der Waals surface area (Å²) in [5.41, 5.74) is 2.50. The second-order valence-corrected chi connectivity index (χ2v) is 4.38. The number of rotatable bonds is 2. The Morgan fingerprint density at radius 1 is 1.29 bits per heavy atom. The van der Waals surface area contributed by atoms with Crippen LogP contribution in [0.2, 0.25) is 0 Å². The van der Waals surface area contributed by atoms with Crippen LogP contribution >= 0.6 is 0 Å². The topological polar surface area (TPSA) is 15.3 Å². The average Bonchev–Trinajstić information content (AvgIpc) is 2.40. The number of hydrogen-bond donors (Lipinski definition) is 1. The Morgan fingerprint density at radius 2 is 2.12 bits per heavy atom. The second-order valence-electron chi connectivity index (χ2n) is 4.38. The zero-order valence-electron chi connectivity index (χ0n) is 10.5. The molecule has 0 bridgehead atoms. The van der Waals surface area contributed by atoms with E-state index in [4.69, 9.17) is 0 Å². The summed E-state index contributed by atoms with van der Waals surface area (Å²) in [5, 5.41) is 3.35. The average molecular weight is 228 g/mol. The molecular formula is C15H20N2. The van der Waals surface area contributed by atoms with Gasteiger partial charge < -0.3 is 5.32 Å². The Hall–Kier alpha value is -1.30. The smallest absolute Gasteiger partial charge is 0.0606 e. The fraction of sp³-hybridized carbons (Fsp3) is 0.467. The first-order valence-electron chi connectivity index (χ1n) is 6.39. The quantitative estimate of drug-likeness (QED) is 0.772. The van der Waals surface area contributed by atoms with Crippen LogP contribution in [0.3, 0.4) is 0 Å². The molecule has 1 saturated heterocycles. The first kappa shape index (κ1) is 12.2. The van der Waals surface area contributed by atoms with Crippen LogP contribution in [0.1, 0.15) is 18.1 Å². The normalized spacial score (nSPS) is 16.3. The zero-order valence-corrected chi connectivity index (χ0v) is 10.5. The van der Waals surface area contributed by atoms with Crippen molar-refractivity contribution >= 4 is 0 Å². The van der Waals surface area contributed by atoms with E-state index in [1.54, 1.807) is 0 Å². The van der Waals surface area contributed by atoms with E-state index in [1.165, 1.54) is 5.56 Å². The maximum Gasteiger partial charge on any atom is 0.0606 e. The highest BCUT2D eigenvalue weighted by Gasteiger charge is 2.06. The summed E-state index contributed by atoms with van der Waals surface area (Å²) in [6.45, 7) is 7.47. The molecule has 2 nitrogen and oxygen atoms in total. The molecule has 1 aliphatic rings. The van der Waals surface area contributed by atoms with Gasteiger partial charge in [-0.3, -0.25) is 4.90 Å². The lowest BCUT2D eigenvalue weighted by Gasteiger charge is -2.24. The lowest BCUT2D eigenvalue weighted by Crippen LogP contribution is -2.43.